The molecule has 2 aromatic heterocycles. The van der Waals surface area contributed by atoms with Gasteiger partial charge in [0.1, 0.15) is 0 Å². The number of nitrogens with zero attached hydrogens (tertiary/aromatic N) is 4. The predicted octanol–water partition coefficient (Wildman–Crippen LogP) is 1.93. The predicted molar refractivity (Wildman–Crippen MR) is 71.1 cm³/mol. The number of tetrazole rings is 1. The van der Waals surface area contributed by atoms with Crippen molar-refractivity contribution in [2.24, 2.45) is 0 Å². The maximum atomic E-state index is 11.6. The van der Waals surface area contributed by atoms with Crippen molar-refractivity contribution in [1.29, 1.82) is 0 Å². The Hall–Kier alpha value is -1.76. The molecule has 0 aliphatic heterocycles. The van der Waals surface area contributed by atoms with Gasteiger partial charge in [-0.2, -0.15) is 0 Å². The molecule has 2 heterocycles. The van der Waals surface area contributed by atoms with E-state index in [0.717, 1.165) is 4.88 Å². The van der Waals surface area contributed by atoms with Crippen LogP contribution in [0, 0.1) is 0 Å². The third-order valence-corrected chi connectivity index (χ3v) is 4.30. The fourth-order valence-corrected chi connectivity index (χ4v) is 2.86. The molecular formula is C12H16N4O2S. The summed E-state index contributed by atoms with van der Waals surface area (Å²) in [5.41, 5.74) is -1.06. The van der Waals surface area contributed by atoms with Gasteiger partial charge in [0.05, 0.1) is 0 Å². The van der Waals surface area contributed by atoms with E-state index in [1.165, 1.54) is 4.68 Å². The van der Waals surface area contributed by atoms with E-state index in [-0.39, 0.29) is 0 Å². The third kappa shape index (κ3) is 2.37. The summed E-state index contributed by atoms with van der Waals surface area (Å²) in [6.07, 6.45) is 1.45. The van der Waals surface area contributed by atoms with Gasteiger partial charge in [0.2, 0.25) is 0 Å². The van der Waals surface area contributed by atoms with Crippen LogP contribution in [0.4, 0.5) is 0 Å². The van der Waals surface area contributed by atoms with Gasteiger partial charge in [-0.05, 0) is 34.7 Å². The minimum Gasteiger partial charge on any atom is -0.479 e. The molecule has 0 radical (unpaired) electrons. The summed E-state index contributed by atoms with van der Waals surface area (Å²) in [6, 6.07) is 3.95. The van der Waals surface area contributed by atoms with Crippen LogP contribution in [0.5, 0.6) is 0 Å². The van der Waals surface area contributed by atoms with E-state index in [1.807, 2.05) is 31.4 Å². The van der Waals surface area contributed by atoms with Crippen molar-refractivity contribution in [3.8, 4) is 0 Å². The number of carboxylic acid groups (broad SMARTS) is 1. The average molecular weight is 280 g/mol. The molecule has 0 aromatic carbocycles. The summed E-state index contributed by atoms with van der Waals surface area (Å²) < 4.78 is 1.47. The lowest BCUT2D eigenvalue weighted by atomic mass is 9.93. The Morgan fingerprint density at radius 3 is 2.74 bits per heavy atom. The van der Waals surface area contributed by atoms with Crippen molar-refractivity contribution in [1.82, 2.24) is 20.2 Å². The Kier molecular flexibility index (Phi) is 3.94. The number of carboxylic acids is 1. The molecule has 1 N–H and O–H groups in total. The maximum Gasteiger partial charge on any atom is 0.331 e. The highest BCUT2D eigenvalue weighted by Crippen LogP contribution is 2.26. The average Bonchev–Trinajstić information content (AvgIpc) is 3.04. The highest BCUT2D eigenvalue weighted by atomic mass is 32.1. The molecule has 2 aromatic rings. The second-order valence-corrected chi connectivity index (χ2v) is 5.34. The molecule has 0 spiro atoms. The minimum absolute atomic E-state index is 0.446. The number of hydrogen-bond donors (Lipinski definition) is 1. The normalized spacial score (nSPS) is 11.7. The number of carbonyl (C=O) groups is 1. The molecule has 7 heteroatoms. The largest absolute Gasteiger partial charge is 0.479 e. The SMILES string of the molecule is CCC(CC)(C(=O)O)n1nnnc1Cc1cccs1. The van der Waals surface area contributed by atoms with E-state index in [4.69, 9.17) is 0 Å². The Morgan fingerprint density at radius 2 is 2.21 bits per heavy atom. The quantitative estimate of drug-likeness (QED) is 0.874. The molecule has 0 amide bonds. The molecular weight excluding hydrogens is 264 g/mol. The Balaban J connectivity index is 2.39. The standard InChI is InChI=1S/C12H16N4O2S/c1-3-12(4-2,11(17)18)16-10(13-14-15-16)8-9-6-5-7-19-9/h5-7H,3-4,8H2,1-2H3,(H,17,18). The zero-order valence-corrected chi connectivity index (χ0v) is 11.7. The van der Waals surface area contributed by atoms with Gasteiger partial charge in [0.15, 0.2) is 11.4 Å². The lowest BCUT2D eigenvalue weighted by Gasteiger charge is -2.27. The van der Waals surface area contributed by atoms with Gasteiger partial charge >= 0.3 is 5.97 Å². The number of aliphatic carboxylic acids is 1. The van der Waals surface area contributed by atoms with Crippen molar-refractivity contribution < 1.29 is 9.90 Å². The molecule has 0 aliphatic rings. The van der Waals surface area contributed by atoms with Gasteiger partial charge in [-0.15, -0.1) is 16.4 Å². The zero-order valence-electron chi connectivity index (χ0n) is 10.9. The van der Waals surface area contributed by atoms with Gasteiger partial charge in [0, 0.05) is 11.3 Å². The van der Waals surface area contributed by atoms with Crippen LogP contribution < -0.4 is 0 Å². The maximum absolute atomic E-state index is 11.6. The second kappa shape index (κ2) is 5.48. The van der Waals surface area contributed by atoms with Crippen molar-refractivity contribution in [2.45, 2.75) is 38.6 Å². The van der Waals surface area contributed by atoms with E-state index >= 15 is 0 Å². The fraction of sp³-hybridized carbons (Fsp3) is 0.500. The lowest BCUT2D eigenvalue weighted by Crippen LogP contribution is -2.42. The molecule has 6 nitrogen and oxygen atoms in total. The molecule has 0 fully saturated rings. The first-order valence-electron chi connectivity index (χ1n) is 6.17. The Labute approximate surface area is 115 Å². The molecule has 102 valence electrons. The first-order chi connectivity index (χ1) is 9.14. The number of rotatable bonds is 6. The van der Waals surface area contributed by atoms with E-state index in [2.05, 4.69) is 15.5 Å². The third-order valence-electron chi connectivity index (χ3n) is 3.42. The number of thiophene rings is 1. The molecule has 0 bridgehead atoms. The molecule has 0 aliphatic carbocycles. The number of aromatic nitrogens is 4. The van der Waals surface area contributed by atoms with Crippen LogP contribution >= 0.6 is 11.3 Å². The van der Waals surface area contributed by atoms with E-state index < -0.39 is 11.5 Å². The minimum atomic E-state index is -1.06. The molecule has 0 unspecified atom stereocenters. The molecule has 19 heavy (non-hydrogen) atoms. The van der Waals surface area contributed by atoms with Crippen LogP contribution in [-0.2, 0) is 16.8 Å². The summed E-state index contributed by atoms with van der Waals surface area (Å²) in [5.74, 6) is -0.300. The monoisotopic (exact) mass is 280 g/mol. The van der Waals surface area contributed by atoms with Crippen molar-refractivity contribution in [2.75, 3.05) is 0 Å². The molecule has 2 rings (SSSR count). The Morgan fingerprint density at radius 1 is 1.47 bits per heavy atom. The van der Waals surface area contributed by atoms with Gasteiger partial charge < -0.3 is 5.11 Å². The van der Waals surface area contributed by atoms with Crippen LogP contribution in [-0.4, -0.2) is 31.3 Å². The first-order valence-corrected chi connectivity index (χ1v) is 7.05. The van der Waals surface area contributed by atoms with Crippen LogP contribution in [0.2, 0.25) is 0 Å². The highest BCUT2D eigenvalue weighted by Gasteiger charge is 2.40. The first kappa shape index (κ1) is 13.7. The molecule has 0 atom stereocenters. The smallest absolute Gasteiger partial charge is 0.331 e. The van der Waals surface area contributed by atoms with Crippen molar-refractivity contribution in [3.05, 3.63) is 28.2 Å². The topological polar surface area (TPSA) is 80.9 Å². The van der Waals surface area contributed by atoms with E-state index in [9.17, 15) is 9.90 Å². The fourth-order valence-electron chi connectivity index (χ4n) is 2.16. The van der Waals surface area contributed by atoms with Crippen molar-refractivity contribution >= 4 is 17.3 Å². The zero-order chi connectivity index (χ0) is 13.9. The number of hydrogen-bond acceptors (Lipinski definition) is 5. The second-order valence-electron chi connectivity index (χ2n) is 4.31. The summed E-state index contributed by atoms with van der Waals surface area (Å²) >= 11 is 1.61. The Bertz CT molecular complexity index is 546. The van der Waals surface area contributed by atoms with Crippen LogP contribution in [0.15, 0.2) is 17.5 Å². The van der Waals surface area contributed by atoms with Gasteiger partial charge in [-0.25, -0.2) is 9.48 Å². The van der Waals surface area contributed by atoms with Gasteiger partial charge in [0.25, 0.3) is 0 Å². The van der Waals surface area contributed by atoms with E-state index in [0.29, 0.717) is 25.1 Å². The molecule has 0 saturated carbocycles. The van der Waals surface area contributed by atoms with Crippen LogP contribution in [0.1, 0.15) is 37.4 Å². The summed E-state index contributed by atoms with van der Waals surface area (Å²) in [4.78, 5) is 12.7. The summed E-state index contributed by atoms with van der Waals surface area (Å²) in [7, 11) is 0. The van der Waals surface area contributed by atoms with E-state index in [1.54, 1.807) is 11.3 Å². The van der Waals surface area contributed by atoms with Crippen LogP contribution in [0.25, 0.3) is 0 Å². The van der Waals surface area contributed by atoms with Gasteiger partial charge in [-0.1, -0.05) is 19.9 Å². The molecule has 0 saturated heterocycles. The van der Waals surface area contributed by atoms with Crippen molar-refractivity contribution in [3.63, 3.8) is 0 Å². The summed E-state index contributed by atoms with van der Waals surface area (Å²) in [6.45, 7) is 3.68. The lowest BCUT2D eigenvalue weighted by molar-refractivity contribution is -0.148. The highest BCUT2D eigenvalue weighted by molar-refractivity contribution is 7.09. The van der Waals surface area contributed by atoms with Gasteiger partial charge in [-0.3, -0.25) is 0 Å². The van der Waals surface area contributed by atoms with Crippen LogP contribution in [0.3, 0.4) is 0 Å². The summed E-state index contributed by atoms with van der Waals surface area (Å²) in [5, 5.41) is 23.1.